The van der Waals surface area contributed by atoms with E-state index in [2.05, 4.69) is 40.8 Å². The molecule has 0 aliphatic heterocycles. The molecule has 0 heterocycles. The van der Waals surface area contributed by atoms with E-state index in [-0.39, 0.29) is 11.6 Å². The molecular formula is C19H15IN4. The highest BCUT2D eigenvalue weighted by Gasteiger charge is 2.48. The molecule has 0 radical (unpaired) electrons. The maximum Gasteiger partial charge on any atom is 0.204 e. The van der Waals surface area contributed by atoms with Gasteiger partial charge in [0, 0.05) is 9.49 Å². The standard InChI is InChI=1S/C19H15IN4/c20-13-5-3-4-12(8-13)17-14-6-1-2-7-16(14)19(10-22,11-23)18(24)15(17)9-21/h3-5,8,17H,1-2,6-7,24H2. The van der Waals surface area contributed by atoms with Crippen molar-refractivity contribution >= 4 is 22.6 Å². The normalized spacial score (nSPS) is 22.2. The quantitative estimate of drug-likeness (QED) is 0.542. The highest BCUT2D eigenvalue weighted by Crippen LogP contribution is 2.53. The summed E-state index contributed by atoms with van der Waals surface area (Å²) in [5.41, 5.74) is 8.07. The van der Waals surface area contributed by atoms with Crippen molar-refractivity contribution in [3.8, 4) is 18.2 Å². The third kappa shape index (κ3) is 2.30. The zero-order valence-electron chi connectivity index (χ0n) is 13.0. The predicted octanol–water partition coefficient (Wildman–Crippen LogP) is 4.03. The molecule has 0 saturated heterocycles. The van der Waals surface area contributed by atoms with Gasteiger partial charge in [-0.25, -0.2) is 0 Å². The van der Waals surface area contributed by atoms with Gasteiger partial charge in [-0.1, -0.05) is 17.7 Å². The summed E-state index contributed by atoms with van der Waals surface area (Å²) in [6.07, 6.45) is 3.44. The molecule has 3 rings (SSSR count). The van der Waals surface area contributed by atoms with Crippen molar-refractivity contribution in [1.29, 1.82) is 15.8 Å². The van der Waals surface area contributed by atoms with Crippen LogP contribution in [0, 0.1) is 43.0 Å². The van der Waals surface area contributed by atoms with Gasteiger partial charge in [-0.3, -0.25) is 0 Å². The summed E-state index contributed by atoms with van der Waals surface area (Å²) in [4.78, 5) is 0. The van der Waals surface area contributed by atoms with Crippen molar-refractivity contribution in [3.63, 3.8) is 0 Å². The van der Waals surface area contributed by atoms with Gasteiger partial charge in [0.05, 0.1) is 29.5 Å². The first-order chi connectivity index (χ1) is 11.6. The molecule has 2 aliphatic rings. The van der Waals surface area contributed by atoms with Crippen LogP contribution < -0.4 is 5.73 Å². The van der Waals surface area contributed by atoms with Gasteiger partial charge < -0.3 is 5.73 Å². The van der Waals surface area contributed by atoms with Gasteiger partial charge in [-0.2, -0.15) is 15.8 Å². The first-order valence-electron chi connectivity index (χ1n) is 7.79. The van der Waals surface area contributed by atoms with E-state index in [1.807, 2.05) is 24.3 Å². The van der Waals surface area contributed by atoms with E-state index in [4.69, 9.17) is 5.73 Å². The molecule has 1 atom stereocenters. The molecule has 0 amide bonds. The molecule has 0 fully saturated rings. The summed E-state index contributed by atoms with van der Waals surface area (Å²) in [5.74, 6) is -0.241. The van der Waals surface area contributed by atoms with Gasteiger partial charge in [0.15, 0.2) is 0 Å². The minimum absolute atomic E-state index is 0.111. The summed E-state index contributed by atoms with van der Waals surface area (Å²) in [7, 11) is 0. The predicted molar refractivity (Wildman–Crippen MR) is 97.9 cm³/mol. The van der Waals surface area contributed by atoms with Crippen LogP contribution in [0.4, 0.5) is 0 Å². The summed E-state index contributed by atoms with van der Waals surface area (Å²) in [5, 5.41) is 29.2. The summed E-state index contributed by atoms with van der Waals surface area (Å²) < 4.78 is 1.08. The highest BCUT2D eigenvalue weighted by molar-refractivity contribution is 14.1. The summed E-state index contributed by atoms with van der Waals surface area (Å²) >= 11 is 2.24. The Morgan fingerprint density at radius 3 is 2.46 bits per heavy atom. The van der Waals surface area contributed by atoms with Crippen molar-refractivity contribution in [2.75, 3.05) is 0 Å². The van der Waals surface area contributed by atoms with Gasteiger partial charge >= 0.3 is 0 Å². The number of allylic oxidation sites excluding steroid dienone is 3. The Bertz CT molecular complexity index is 875. The van der Waals surface area contributed by atoms with E-state index in [1.54, 1.807) is 0 Å². The molecule has 1 aromatic rings. The monoisotopic (exact) mass is 426 g/mol. The van der Waals surface area contributed by atoms with Crippen LogP contribution in [0.25, 0.3) is 0 Å². The number of rotatable bonds is 1. The second-order valence-electron chi connectivity index (χ2n) is 6.11. The third-order valence-corrected chi connectivity index (χ3v) is 5.60. The summed E-state index contributed by atoms with van der Waals surface area (Å²) in [6.45, 7) is 0. The molecular weight excluding hydrogens is 411 g/mol. The first-order valence-corrected chi connectivity index (χ1v) is 8.87. The van der Waals surface area contributed by atoms with Gasteiger partial charge in [0.25, 0.3) is 0 Å². The Hall–Kier alpha value is -2.30. The molecule has 118 valence electrons. The third-order valence-electron chi connectivity index (χ3n) is 4.93. The second kappa shape index (κ2) is 6.30. The molecule has 4 nitrogen and oxygen atoms in total. The Labute approximate surface area is 155 Å². The summed E-state index contributed by atoms with van der Waals surface area (Å²) in [6, 6.07) is 14.4. The molecule has 2 N–H and O–H groups in total. The average Bonchev–Trinajstić information content (AvgIpc) is 2.61. The van der Waals surface area contributed by atoms with Crippen LogP contribution in [0.5, 0.6) is 0 Å². The zero-order valence-corrected chi connectivity index (χ0v) is 15.2. The van der Waals surface area contributed by atoms with Gasteiger partial charge in [0.2, 0.25) is 5.41 Å². The van der Waals surface area contributed by atoms with E-state index < -0.39 is 5.41 Å². The van der Waals surface area contributed by atoms with Crippen LogP contribution in [0.3, 0.4) is 0 Å². The molecule has 1 unspecified atom stereocenters. The lowest BCUT2D eigenvalue weighted by atomic mass is 9.62. The van der Waals surface area contributed by atoms with Crippen LogP contribution in [0.1, 0.15) is 37.2 Å². The SMILES string of the molecule is N#CC1=C(N)C(C#N)(C#N)C2=C(CCCC2)C1c1cccc(I)c1. The van der Waals surface area contributed by atoms with E-state index in [0.717, 1.165) is 39.5 Å². The largest absolute Gasteiger partial charge is 0.399 e. The molecule has 24 heavy (non-hydrogen) atoms. The van der Waals surface area contributed by atoms with Crippen molar-refractivity contribution in [2.45, 2.75) is 31.6 Å². The number of benzene rings is 1. The van der Waals surface area contributed by atoms with Gasteiger partial charge in [-0.15, -0.1) is 0 Å². The van der Waals surface area contributed by atoms with Crippen molar-refractivity contribution in [3.05, 3.63) is 55.8 Å². The van der Waals surface area contributed by atoms with Crippen LogP contribution in [0.2, 0.25) is 0 Å². The van der Waals surface area contributed by atoms with E-state index in [1.165, 1.54) is 0 Å². The lowest BCUT2D eigenvalue weighted by Crippen LogP contribution is -2.36. The Morgan fingerprint density at radius 1 is 1.12 bits per heavy atom. The minimum atomic E-state index is -1.49. The molecule has 0 spiro atoms. The Kier molecular flexibility index (Phi) is 4.35. The van der Waals surface area contributed by atoms with Crippen LogP contribution >= 0.6 is 22.6 Å². The first kappa shape index (κ1) is 16.6. The molecule has 0 bridgehead atoms. The average molecular weight is 426 g/mol. The van der Waals surface area contributed by atoms with Gasteiger partial charge in [0.1, 0.15) is 0 Å². The zero-order chi connectivity index (χ0) is 17.3. The van der Waals surface area contributed by atoms with Crippen molar-refractivity contribution < 1.29 is 0 Å². The van der Waals surface area contributed by atoms with Crippen LogP contribution in [0.15, 0.2) is 46.7 Å². The number of hydrogen-bond donors (Lipinski definition) is 1. The maximum atomic E-state index is 9.74. The molecule has 1 aromatic carbocycles. The molecule has 5 heteroatoms. The lowest BCUT2D eigenvalue weighted by molar-refractivity contribution is 0.536. The van der Waals surface area contributed by atoms with Crippen molar-refractivity contribution in [2.24, 2.45) is 11.1 Å². The van der Waals surface area contributed by atoms with E-state index >= 15 is 0 Å². The highest BCUT2D eigenvalue weighted by atomic mass is 127. The number of nitriles is 3. The minimum Gasteiger partial charge on any atom is -0.399 e. The number of nitrogens with zero attached hydrogens (tertiary/aromatic N) is 3. The van der Waals surface area contributed by atoms with E-state index in [0.29, 0.717) is 12.0 Å². The number of halogens is 1. The maximum absolute atomic E-state index is 9.74. The van der Waals surface area contributed by atoms with Crippen LogP contribution in [-0.4, -0.2) is 0 Å². The fourth-order valence-corrected chi connectivity index (χ4v) is 4.40. The van der Waals surface area contributed by atoms with E-state index in [9.17, 15) is 15.8 Å². The second-order valence-corrected chi connectivity index (χ2v) is 7.36. The Balaban J connectivity index is 2.32. The lowest BCUT2D eigenvalue weighted by Gasteiger charge is -2.38. The van der Waals surface area contributed by atoms with Crippen molar-refractivity contribution in [1.82, 2.24) is 0 Å². The fraction of sp³-hybridized carbons (Fsp3) is 0.316. The smallest absolute Gasteiger partial charge is 0.204 e. The number of hydrogen-bond acceptors (Lipinski definition) is 4. The van der Waals surface area contributed by atoms with Gasteiger partial charge in [-0.05, 0) is 71.5 Å². The Morgan fingerprint density at radius 2 is 1.83 bits per heavy atom. The topological polar surface area (TPSA) is 97.4 Å². The molecule has 0 aromatic heterocycles. The van der Waals surface area contributed by atoms with Crippen LogP contribution in [-0.2, 0) is 0 Å². The molecule has 2 aliphatic carbocycles. The molecule has 0 saturated carbocycles. The fourth-order valence-electron chi connectivity index (χ4n) is 3.83. The number of nitrogens with two attached hydrogens (primary N) is 1.